The maximum absolute atomic E-state index is 12.3. The van der Waals surface area contributed by atoms with Crippen molar-refractivity contribution in [1.29, 1.82) is 0 Å². The predicted octanol–water partition coefficient (Wildman–Crippen LogP) is 5.37. The molecule has 11 heteroatoms. The van der Waals surface area contributed by atoms with E-state index in [0.29, 0.717) is 18.6 Å². The summed E-state index contributed by atoms with van der Waals surface area (Å²) in [5.74, 6) is -1.88. The molecule has 3 N–H and O–H groups in total. The van der Waals surface area contributed by atoms with E-state index in [1.165, 1.54) is 12.1 Å². The van der Waals surface area contributed by atoms with Gasteiger partial charge in [0.2, 0.25) is 5.91 Å². The highest BCUT2D eigenvalue weighted by molar-refractivity contribution is 7.97. The van der Waals surface area contributed by atoms with Crippen molar-refractivity contribution in [1.82, 2.24) is 10.0 Å². The average Bonchev–Trinajstić information content (AvgIpc) is 2.77. The number of alkyl carbamates (subject to hydrolysis) is 1. The molecule has 2 rings (SSSR count). The average molecular weight is 526 g/mol. The van der Waals surface area contributed by atoms with Gasteiger partial charge < -0.3 is 15.4 Å². The molecule has 3 amide bonds. The molecular weight excluding hydrogens is 495 g/mol. The van der Waals surface area contributed by atoms with Gasteiger partial charge in [-0.2, -0.15) is 13.2 Å². The van der Waals surface area contributed by atoms with Crippen LogP contribution in [0.1, 0.15) is 44.7 Å². The fourth-order valence-corrected chi connectivity index (χ4v) is 3.73. The Bertz CT molecular complexity index is 1010. The van der Waals surface area contributed by atoms with E-state index in [1.54, 1.807) is 38.2 Å². The Hall–Kier alpha value is -3.21. The van der Waals surface area contributed by atoms with E-state index in [9.17, 15) is 27.6 Å². The SMILES string of the molecule is CC(C)(C)OC(=O)NC(CCC(=O)NSCc1ccc(NC(=O)C(F)(F)F)cc1)Cc1ccccc1. The van der Waals surface area contributed by atoms with Crippen molar-refractivity contribution in [3.8, 4) is 0 Å². The Morgan fingerprint density at radius 1 is 0.944 bits per heavy atom. The number of halogens is 3. The lowest BCUT2D eigenvalue weighted by Gasteiger charge is -2.23. The monoisotopic (exact) mass is 525 g/mol. The summed E-state index contributed by atoms with van der Waals surface area (Å²) >= 11 is 1.14. The number of nitrogens with one attached hydrogen (secondary N) is 3. The molecule has 7 nitrogen and oxygen atoms in total. The Labute approximate surface area is 212 Å². The molecule has 0 aliphatic carbocycles. The summed E-state index contributed by atoms with van der Waals surface area (Å²) in [6.07, 6.45) is -4.40. The maximum Gasteiger partial charge on any atom is 0.471 e. The van der Waals surface area contributed by atoms with E-state index in [2.05, 4.69) is 10.0 Å². The highest BCUT2D eigenvalue weighted by Gasteiger charge is 2.38. The van der Waals surface area contributed by atoms with Crippen LogP contribution in [0, 0.1) is 0 Å². The van der Waals surface area contributed by atoms with Crippen molar-refractivity contribution in [2.24, 2.45) is 0 Å². The van der Waals surface area contributed by atoms with Crippen LogP contribution in [0.2, 0.25) is 0 Å². The lowest BCUT2D eigenvalue weighted by atomic mass is 10.0. The fraction of sp³-hybridized carbons (Fsp3) is 0.400. The Morgan fingerprint density at radius 2 is 1.58 bits per heavy atom. The summed E-state index contributed by atoms with van der Waals surface area (Å²) in [5, 5.41) is 4.61. The first kappa shape index (κ1) is 29.0. The number of alkyl halides is 3. The first-order valence-corrected chi connectivity index (χ1v) is 12.2. The molecule has 0 aliphatic heterocycles. The van der Waals surface area contributed by atoms with E-state index < -0.39 is 23.8 Å². The molecule has 0 saturated carbocycles. The zero-order chi connectivity index (χ0) is 26.8. The number of amides is 3. The second kappa shape index (κ2) is 13.2. The second-order valence-corrected chi connectivity index (χ2v) is 9.82. The number of carbonyl (C=O) groups excluding carboxylic acids is 3. The van der Waals surface area contributed by atoms with Gasteiger partial charge in [0.1, 0.15) is 5.60 Å². The number of benzene rings is 2. The largest absolute Gasteiger partial charge is 0.471 e. The molecule has 0 bridgehead atoms. The van der Waals surface area contributed by atoms with Crippen LogP contribution in [0.3, 0.4) is 0 Å². The quantitative estimate of drug-likeness (QED) is 0.363. The smallest absolute Gasteiger partial charge is 0.444 e. The van der Waals surface area contributed by atoms with E-state index >= 15 is 0 Å². The lowest BCUT2D eigenvalue weighted by Crippen LogP contribution is -2.40. The van der Waals surface area contributed by atoms with Crippen LogP contribution in [-0.2, 0) is 26.5 Å². The number of anilines is 1. The van der Waals surface area contributed by atoms with E-state index in [-0.39, 0.29) is 24.1 Å². The first-order valence-electron chi connectivity index (χ1n) is 11.2. The summed E-state index contributed by atoms with van der Waals surface area (Å²) in [6.45, 7) is 5.32. The molecule has 1 atom stereocenters. The third-order valence-corrected chi connectivity index (χ3v) is 5.51. The highest BCUT2D eigenvalue weighted by Crippen LogP contribution is 2.19. The molecule has 0 spiro atoms. The Balaban J connectivity index is 1.81. The standard InChI is InChI=1S/C25H30F3N3O4S/c1-24(2,3)35-23(34)30-20(15-17-7-5-4-6-8-17)13-14-21(32)31-36-16-18-9-11-19(12-10-18)29-22(33)25(26,27)28/h4-12,20H,13-16H2,1-3H3,(H,29,33)(H,30,34)(H,31,32). The third kappa shape index (κ3) is 11.5. The number of rotatable bonds is 10. The molecule has 2 aromatic carbocycles. The van der Waals surface area contributed by atoms with Gasteiger partial charge in [-0.05, 0) is 68.8 Å². The van der Waals surface area contributed by atoms with Crippen molar-refractivity contribution in [3.05, 3.63) is 65.7 Å². The minimum absolute atomic E-state index is 0.0251. The molecule has 196 valence electrons. The van der Waals surface area contributed by atoms with Gasteiger partial charge in [-0.15, -0.1) is 0 Å². The minimum Gasteiger partial charge on any atom is -0.444 e. The van der Waals surface area contributed by atoms with Crippen LogP contribution in [0.15, 0.2) is 54.6 Å². The Kier molecular flexibility index (Phi) is 10.6. The van der Waals surface area contributed by atoms with Crippen LogP contribution >= 0.6 is 11.9 Å². The van der Waals surface area contributed by atoms with Crippen LogP contribution in [0.25, 0.3) is 0 Å². The van der Waals surface area contributed by atoms with Gasteiger partial charge in [-0.25, -0.2) is 4.79 Å². The Morgan fingerprint density at radius 3 is 2.17 bits per heavy atom. The van der Waals surface area contributed by atoms with Crippen LogP contribution in [0.5, 0.6) is 0 Å². The topological polar surface area (TPSA) is 96.5 Å². The number of carbonyl (C=O) groups is 3. The summed E-state index contributed by atoms with van der Waals surface area (Å²) in [7, 11) is 0. The van der Waals surface area contributed by atoms with Gasteiger partial charge in [0.25, 0.3) is 0 Å². The molecular formula is C25H30F3N3O4S. The third-order valence-electron chi connectivity index (χ3n) is 4.66. The normalized spacial score (nSPS) is 12.4. The lowest BCUT2D eigenvalue weighted by molar-refractivity contribution is -0.167. The van der Waals surface area contributed by atoms with Crippen molar-refractivity contribution in [2.45, 2.75) is 63.6 Å². The fourth-order valence-electron chi connectivity index (χ4n) is 3.04. The summed E-state index contributed by atoms with van der Waals surface area (Å²) < 4.78 is 45.0. The van der Waals surface area contributed by atoms with Gasteiger partial charge in [0.05, 0.1) is 0 Å². The second-order valence-electron chi connectivity index (χ2n) is 9.03. The van der Waals surface area contributed by atoms with Gasteiger partial charge >= 0.3 is 18.2 Å². The van der Waals surface area contributed by atoms with Gasteiger partial charge in [-0.1, -0.05) is 42.5 Å². The number of ether oxygens (including phenoxy) is 1. The van der Waals surface area contributed by atoms with Crippen molar-refractivity contribution in [2.75, 3.05) is 5.32 Å². The van der Waals surface area contributed by atoms with Crippen LogP contribution < -0.4 is 15.4 Å². The predicted molar refractivity (Wildman–Crippen MR) is 133 cm³/mol. The molecule has 0 radical (unpaired) electrons. The molecule has 0 fully saturated rings. The zero-order valence-electron chi connectivity index (χ0n) is 20.3. The summed E-state index contributed by atoms with van der Waals surface area (Å²) in [6, 6.07) is 15.1. The van der Waals surface area contributed by atoms with Gasteiger partial charge in [0.15, 0.2) is 0 Å². The van der Waals surface area contributed by atoms with E-state index in [1.807, 2.05) is 30.3 Å². The molecule has 0 heterocycles. The van der Waals surface area contributed by atoms with E-state index in [0.717, 1.165) is 23.1 Å². The van der Waals surface area contributed by atoms with Crippen molar-refractivity contribution < 1.29 is 32.3 Å². The number of hydrogen-bond acceptors (Lipinski definition) is 5. The molecule has 1 unspecified atom stereocenters. The molecule has 36 heavy (non-hydrogen) atoms. The van der Waals surface area contributed by atoms with Crippen molar-refractivity contribution in [3.63, 3.8) is 0 Å². The van der Waals surface area contributed by atoms with Gasteiger partial charge in [0, 0.05) is 23.9 Å². The summed E-state index contributed by atoms with van der Waals surface area (Å²) in [4.78, 5) is 35.6. The number of hydrogen-bond donors (Lipinski definition) is 3. The highest BCUT2D eigenvalue weighted by atomic mass is 32.2. The van der Waals surface area contributed by atoms with Crippen LogP contribution in [0.4, 0.5) is 23.7 Å². The molecule has 2 aromatic rings. The van der Waals surface area contributed by atoms with E-state index in [4.69, 9.17) is 4.74 Å². The summed E-state index contributed by atoms with van der Waals surface area (Å²) in [5.41, 5.74) is 1.15. The first-order chi connectivity index (χ1) is 16.8. The molecule has 0 aliphatic rings. The molecule has 0 saturated heterocycles. The molecule has 0 aromatic heterocycles. The van der Waals surface area contributed by atoms with Crippen molar-refractivity contribution >= 4 is 35.5 Å². The zero-order valence-corrected chi connectivity index (χ0v) is 21.1. The maximum atomic E-state index is 12.3. The van der Waals surface area contributed by atoms with Crippen LogP contribution in [-0.4, -0.2) is 35.7 Å². The minimum atomic E-state index is -4.96. The van der Waals surface area contributed by atoms with Gasteiger partial charge in [-0.3, -0.25) is 14.3 Å².